The molecule has 0 saturated carbocycles. The number of aromatic nitrogens is 4. The summed E-state index contributed by atoms with van der Waals surface area (Å²) in [4.78, 5) is 25.5. The van der Waals surface area contributed by atoms with Crippen LogP contribution in [0.1, 0.15) is 36.1 Å². The molecule has 0 fully saturated rings. The van der Waals surface area contributed by atoms with E-state index in [4.69, 9.17) is 24.4 Å². The highest BCUT2D eigenvalue weighted by atomic mass is 16.3. The van der Waals surface area contributed by atoms with Crippen molar-refractivity contribution in [1.29, 1.82) is 0 Å². The van der Waals surface area contributed by atoms with Crippen LogP contribution in [0.3, 0.4) is 0 Å². The summed E-state index contributed by atoms with van der Waals surface area (Å²) in [6, 6.07) is 138. The van der Waals surface area contributed by atoms with Gasteiger partial charge in [-0.25, -0.2) is 19.9 Å². The monoisotopic (exact) mass is 1440 g/mol. The summed E-state index contributed by atoms with van der Waals surface area (Å²) in [6.07, 6.45) is 0.920. The molecule has 3 heterocycles. The summed E-state index contributed by atoms with van der Waals surface area (Å²) in [6.45, 7) is 4.67. The van der Waals surface area contributed by atoms with Gasteiger partial charge in [0.2, 0.25) is 0 Å². The molecular weight excluding hydrogens is 1370 g/mol. The van der Waals surface area contributed by atoms with Gasteiger partial charge in [0.25, 0.3) is 0 Å². The maximum atomic E-state index is 6.49. The average molecular weight is 1450 g/mol. The summed E-state index contributed by atoms with van der Waals surface area (Å²) in [5.41, 5.74) is 31.2. The number of furan rings is 1. The molecule has 113 heavy (non-hydrogen) atoms. The lowest BCUT2D eigenvalue weighted by Gasteiger charge is -2.28. The van der Waals surface area contributed by atoms with Gasteiger partial charge in [0.1, 0.15) is 11.2 Å². The molecule has 0 saturated heterocycles. The van der Waals surface area contributed by atoms with Gasteiger partial charge in [-0.1, -0.05) is 269 Å². The van der Waals surface area contributed by atoms with Crippen molar-refractivity contribution in [1.82, 2.24) is 19.9 Å². The van der Waals surface area contributed by atoms with Crippen molar-refractivity contribution in [2.24, 2.45) is 0 Å². The third-order valence-electron chi connectivity index (χ3n) is 22.9. The van der Waals surface area contributed by atoms with E-state index in [1.807, 2.05) is 6.07 Å². The molecule has 532 valence electrons. The SMILES string of the molecule is CC1(C)c2ccccc2-c2ccc(N(c3ccc(-c4ccccc4)cc3)c3ccc(-c4nc(-c5ccc6c(c5)oc5cc7ccccc7cc56)c5ccccc5n4)cc3)cc21.c1ccc(-c2ccc(N(c3ccccc3)c3cccc(-c4nc(-c5ccc6c(c5)Cc5cc7ccccc7cc5-6)c5ccccc5n4)c3)cc2)cc1. The highest BCUT2D eigenvalue weighted by Gasteiger charge is 2.36. The molecule has 7 heteroatoms. The quantitative estimate of drug-likeness (QED) is 0.121. The lowest BCUT2D eigenvalue weighted by Crippen LogP contribution is -2.16. The molecule has 2 aliphatic rings. The van der Waals surface area contributed by atoms with E-state index in [-0.39, 0.29) is 5.41 Å². The van der Waals surface area contributed by atoms with Crippen LogP contribution in [-0.4, -0.2) is 19.9 Å². The van der Waals surface area contributed by atoms with Crippen molar-refractivity contribution in [2.75, 3.05) is 9.80 Å². The Labute approximate surface area is 655 Å². The van der Waals surface area contributed by atoms with Crippen molar-refractivity contribution < 1.29 is 4.42 Å². The number of rotatable bonds is 12. The van der Waals surface area contributed by atoms with E-state index in [0.29, 0.717) is 11.6 Å². The molecule has 22 rings (SSSR count). The molecule has 0 unspecified atom stereocenters. The van der Waals surface area contributed by atoms with Gasteiger partial charge in [0.05, 0.1) is 22.4 Å². The maximum Gasteiger partial charge on any atom is 0.160 e. The zero-order valence-corrected chi connectivity index (χ0v) is 62.2. The Balaban J connectivity index is 0.000000144. The van der Waals surface area contributed by atoms with Crippen LogP contribution >= 0.6 is 0 Å². The highest BCUT2D eigenvalue weighted by molar-refractivity contribution is 6.11. The minimum Gasteiger partial charge on any atom is -0.456 e. The summed E-state index contributed by atoms with van der Waals surface area (Å²) >= 11 is 0. The Morgan fingerprint density at radius 2 is 0.673 bits per heavy atom. The molecule has 0 atom stereocenters. The van der Waals surface area contributed by atoms with Crippen LogP contribution in [-0.2, 0) is 11.8 Å². The topological polar surface area (TPSA) is 71.2 Å². The van der Waals surface area contributed by atoms with Gasteiger partial charge in [0, 0.05) is 83.3 Å². The van der Waals surface area contributed by atoms with Crippen molar-refractivity contribution in [3.63, 3.8) is 0 Å². The summed E-state index contributed by atoms with van der Waals surface area (Å²) < 4.78 is 6.49. The van der Waals surface area contributed by atoms with E-state index in [1.165, 1.54) is 82.9 Å². The second-order valence-corrected chi connectivity index (χ2v) is 30.1. The number of hydrogen-bond donors (Lipinski definition) is 0. The second-order valence-electron chi connectivity index (χ2n) is 30.1. The zero-order valence-electron chi connectivity index (χ0n) is 62.2. The summed E-state index contributed by atoms with van der Waals surface area (Å²) in [5, 5.41) is 9.19. The minimum atomic E-state index is -0.122. The van der Waals surface area contributed by atoms with Crippen LogP contribution in [0.5, 0.6) is 0 Å². The fourth-order valence-corrected chi connectivity index (χ4v) is 17.2. The van der Waals surface area contributed by atoms with Crippen molar-refractivity contribution in [3.05, 3.63) is 411 Å². The highest BCUT2D eigenvalue weighted by Crippen LogP contribution is 2.52. The predicted octanol–water partition coefficient (Wildman–Crippen LogP) is 28.3. The molecule has 0 spiro atoms. The lowest BCUT2D eigenvalue weighted by molar-refractivity contribution is 0.660. The van der Waals surface area contributed by atoms with E-state index in [0.717, 1.165) is 123 Å². The largest absolute Gasteiger partial charge is 0.456 e. The number of hydrogen-bond acceptors (Lipinski definition) is 7. The van der Waals surface area contributed by atoms with Gasteiger partial charge in [-0.2, -0.15) is 0 Å². The van der Waals surface area contributed by atoms with Gasteiger partial charge in [-0.3, -0.25) is 0 Å². The van der Waals surface area contributed by atoms with Gasteiger partial charge >= 0.3 is 0 Å². The van der Waals surface area contributed by atoms with E-state index in [2.05, 4.69) is 406 Å². The summed E-state index contributed by atoms with van der Waals surface area (Å²) in [5.74, 6) is 1.38. The lowest BCUT2D eigenvalue weighted by atomic mass is 9.82. The first kappa shape index (κ1) is 66.5. The van der Waals surface area contributed by atoms with Gasteiger partial charge in [-0.15, -0.1) is 0 Å². The predicted molar refractivity (Wildman–Crippen MR) is 469 cm³/mol. The van der Waals surface area contributed by atoms with E-state index >= 15 is 0 Å². The van der Waals surface area contributed by atoms with Gasteiger partial charge in [-0.05, 0) is 228 Å². The van der Waals surface area contributed by atoms with Crippen LogP contribution in [0.2, 0.25) is 0 Å². The number of fused-ring (bicyclic) bond motifs is 13. The number of anilines is 6. The average Bonchev–Trinajstić information content (AvgIpc) is 1.57. The second kappa shape index (κ2) is 27.5. The third kappa shape index (κ3) is 12.0. The summed E-state index contributed by atoms with van der Waals surface area (Å²) in [7, 11) is 0. The first-order valence-electron chi connectivity index (χ1n) is 38.7. The molecule has 17 aromatic carbocycles. The third-order valence-corrected chi connectivity index (χ3v) is 22.9. The fraction of sp³-hybridized carbons (Fsp3) is 0.0377. The Morgan fingerprint density at radius 3 is 1.31 bits per heavy atom. The number of para-hydroxylation sites is 3. The van der Waals surface area contributed by atoms with Crippen LogP contribution in [0, 0.1) is 0 Å². The fourth-order valence-electron chi connectivity index (χ4n) is 17.2. The van der Waals surface area contributed by atoms with Crippen molar-refractivity contribution >= 4 is 99.4 Å². The van der Waals surface area contributed by atoms with Crippen LogP contribution in [0.4, 0.5) is 34.1 Å². The first-order chi connectivity index (χ1) is 55.7. The van der Waals surface area contributed by atoms with E-state index in [9.17, 15) is 0 Å². The Kier molecular flexibility index (Phi) is 16.2. The molecule has 2 aliphatic carbocycles. The number of benzene rings is 17. The molecule has 0 aliphatic heterocycles. The molecule has 0 amide bonds. The molecule has 0 N–H and O–H groups in total. The van der Waals surface area contributed by atoms with Gasteiger partial charge in [0.15, 0.2) is 11.6 Å². The zero-order chi connectivity index (χ0) is 75.1. The van der Waals surface area contributed by atoms with E-state index < -0.39 is 0 Å². The molecule has 20 aromatic rings. The molecule has 0 bridgehead atoms. The van der Waals surface area contributed by atoms with Crippen LogP contribution in [0.25, 0.3) is 155 Å². The van der Waals surface area contributed by atoms with Gasteiger partial charge < -0.3 is 14.2 Å². The normalized spacial score (nSPS) is 12.4. The molecule has 7 nitrogen and oxygen atoms in total. The Bertz CT molecular complexity index is 7100. The first-order valence-corrected chi connectivity index (χ1v) is 38.7. The maximum absolute atomic E-state index is 6.49. The van der Waals surface area contributed by atoms with Crippen LogP contribution in [0.15, 0.2) is 393 Å². The number of nitrogens with zero attached hydrogens (tertiary/aromatic N) is 6. The Morgan fingerprint density at radius 1 is 0.248 bits per heavy atom. The minimum absolute atomic E-state index is 0.122. The van der Waals surface area contributed by atoms with E-state index in [1.54, 1.807) is 0 Å². The van der Waals surface area contributed by atoms with Crippen LogP contribution < -0.4 is 9.80 Å². The smallest absolute Gasteiger partial charge is 0.160 e. The standard InChI is InChI=1S/C57H39N3O.C49H33N3/c1-57(2)50-18-10-8-16-45(50)46-31-29-44(35-51(46)57)60(42-25-20-37(21-26-42)36-12-4-3-5-13-36)43-27-22-38(23-28-43)56-58-52-19-11-9-17-48(52)55(59-56)41-24-30-47-49-32-39-14-6-7-15-40(39)33-54(49)61-53(47)34-41;1-3-12-33(13-4-1)34-22-25-42(26-23-34)52(41-17-5-2-6-18-41)43-19-11-16-38(31-43)49-50-47-21-10-9-20-45(47)48(51-49)37-24-27-44-39(29-37)30-40-28-35-14-7-8-15-36(35)32-46(40)44/h3-35H,1-2H3;1-29,31-32H,30H2. The molecule has 0 radical (unpaired) electrons. The molecule has 3 aromatic heterocycles. The Hall–Kier alpha value is -14.7. The van der Waals surface area contributed by atoms with Crippen molar-refractivity contribution in [3.8, 4) is 89.8 Å². The van der Waals surface area contributed by atoms with Crippen molar-refractivity contribution in [2.45, 2.75) is 25.7 Å². The molecular formula is C106H72N6O.